The van der Waals surface area contributed by atoms with E-state index in [1.165, 1.54) is 16.5 Å². The molecular formula is C22H23N3O3. The largest absolute Gasteiger partial charge is 0.482 e. The molecule has 6 heteroatoms. The van der Waals surface area contributed by atoms with Gasteiger partial charge in [-0.05, 0) is 50.1 Å². The van der Waals surface area contributed by atoms with Gasteiger partial charge in [0.25, 0.3) is 11.8 Å². The zero-order valence-corrected chi connectivity index (χ0v) is 16.0. The minimum Gasteiger partial charge on any atom is -0.482 e. The van der Waals surface area contributed by atoms with Gasteiger partial charge in [0.05, 0.1) is 5.69 Å². The number of hydrogen-bond donors (Lipinski definition) is 2. The first-order valence-electron chi connectivity index (χ1n) is 9.46. The van der Waals surface area contributed by atoms with E-state index in [2.05, 4.69) is 47.4 Å². The number of carbonyl (C=O) groups excluding carboxylic acids is 2. The summed E-state index contributed by atoms with van der Waals surface area (Å²) in [4.78, 5) is 24.0. The Bertz CT molecular complexity index is 1050. The molecule has 2 heterocycles. The molecule has 2 amide bonds. The molecule has 0 fully saturated rings. The highest BCUT2D eigenvalue weighted by Crippen LogP contribution is 2.28. The van der Waals surface area contributed by atoms with Gasteiger partial charge in [-0.15, -0.1) is 0 Å². The molecular weight excluding hydrogens is 354 g/mol. The maximum absolute atomic E-state index is 12.5. The van der Waals surface area contributed by atoms with E-state index >= 15 is 0 Å². The summed E-state index contributed by atoms with van der Waals surface area (Å²) < 4.78 is 7.59. The van der Waals surface area contributed by atoms with Crippen molar-refractivity contribution in [2.24, 2.45) is 0 Å². The van der Waals surface area contributed by atoms with Gasteiger partial charge >= 0.3 is 0 Å². The number of para-hydroxylation sites is 1. The van der Waals surface area contributed by atoms with Crippen molar-refractivity contribution in [3.8, 4) is 5.75 Å². The van der Waals surface area contributed by atoms with Gasteiger partial charge < -0.3 is 19.9 Å². The van der Waals surface area contributed by atoms with Crippen molar-refractivity contribution in [3.05, 3.63) is 59.8 Å². The molecule has 6 nitrogen and oxygen atoms in total. The van der Waals surface area contributed by atoms with Crippen molar-refractivity contribution in [1.82, 2.24) is 9.88 Å². The Morgan fingerprint density at radius 1 is 1.25 bits per heavy atom. The summed E-state index contributed by atoms with van der Waals surface area (Å²) >= 11 is 0. The van der Waals surface area contributed by atoms with Gasteiger partial charge in [0.1, 0.15) is 5.75 Å². The van der Waals surface area contributed by atoms with Gasteiger partial charge in [-0.3, -0.25) is 9.59 Å². The van der Waals surface area contributed by atoms with Crippen molar-refractivity contribution >= 4 is 28.4 Å². The monoisotopic (exact) mass is 377 g/mol. The SMILES string of the molecule is CC(C)n1cc(CCNC(=O)c2ccc3c(c2)NC(=O)CO3)c2ccccc21. The third-order valence-corrected chi connectivity index (χ3v) is 4.93. The van der Waals surface area contributed by atoms with E-state index in [4.69, 9.17) is 4.74 Å². The highest BCUT2D eigenvalue weighted by Gasteiger charge is 2.18. The average Bonchev–Trinajstić information content (AvgIpc) is 3.06. The van der Waals surface area contributed by atoms with Crippen LogP contribution in [0.1, 0.15) is 35.8 Å². The Labute approximate surface area is 163 Å². The van der Waals surface area contributed by atoms with E-state index in [0.717, 1.165) is 6.42 Å². The number of ether oxygens (including phenoxy) is 1. The van der Waals surface area contributed by atoms with Crippen molar-refractivity contribution in [1.29, 1.82) is 0 Å². The van der Waals surface area contributed by atoms with Crippen LogP contribution >= 0.6 is 0 Å². The Hall–Kier alpha value is -3.28. The lowest BCUT2D eigenvalue weighted by Gasteiger charge is -2.18. The molecule has 4 rings (SSSR count). The Kier molecular flexibility index (Phi) is 4.77. The van der Waals surface area contributed by atoms with Crippen LogP contribution in [-0.2, 0) is 11.2 Å². The van der Waals surface area contributed by atoms with E-state index in [-0.39, 0.29) is 18.4 Å². The summed E-state index contributed by atoms with van der Waals surface area (Å²) in [5, 5.41) is 6.91. The predicted octanol–water partition coefficient (Wildman–Crippen LogP) is 3.53. The number of fused-ring (bicyclic) bond motifs is 2. The van der Waals surface area contributed by atoms with Crippen LogP contribution in [0.5, 0.6) is 5.75 Å². The first-order valence-corrected chi connectivity index (χ1v) is 9.46. The number of aromatic nitrogens is 1. The molecule has 0 radical (unpaired) electrons. The molecule has 0 saturated heterocycles. The highest BCUT2D eigenvalue weighted by molar-refractivity contribution is 5.99. The summed E-state index contributed by atoms with van der Waals surface area (Å²) in [5.41, 5.74) is 3.46. The van der Waals surface area contributed by atoms with Gasteiger partial charge in [-0.2, -0.15) is 0 Å². The van der Waals surface area contributed by atoms with Crippen LogP contribution in [0.2, 0.25) is 0 Å². The fourth-order valence-corrected chi connectivity index (χ4v) is 3.54. The average molecular weight is 377 g/mol. The lowest BCUT2D eigenvalue weighted by atomic mass is 10.1. The quantitative estimate of drug-likeness (QED) is 0.715. The minimum atomic E-state index is -0.216. The molecule has 1 aliphatic rings. The molecule has 3 aromatic rings. The Balaban J connectivity index is 1.44. The van der Waals surface area contributed by atoms with E-state index < -0.39 is 0 Å². The summed E-state index contributed by atoms with van der Waals surface area (Å²) in [7, 11) is 0. The highest BCUT2D eigenvalue weighted by atomic mass is 16.5. The van der Waals surface area contributed by atoms with E-state index in [1.807, 2.05) is 12.1 Å². The van der Waals surface area contributed by atoms with Crippen LogP contribution < -0.4 is 15.4 Å². The number of anilines is 1. The van der Waals surface area contributed by atoms with E-state index in [0.29, 0.717) is 29.6 Å². The molecule has 28 heavy (non-hydrogen) atoms. The molecule has 0 aliphatic carbocycles. The smallest absolute Gasteiger partial charge is 0.262 e. The minimum absolute atomic E-state index is 0.00250. The molecule has 1 aliphatic heterocycles. The van der Waals surface area contributed by atoms with Gasteiger partial charge in [0.15, 0.2) is 6.61 Å². The fraction of sp³-hybridized carbons (Fsp3) is 0.273. The molecule has 1 aromatic heterocycles. The standard InChI is InChI=1S/C22H23N3O3/c1-14(2)25-12-16(17-5-3-4-6-19(17)25)9-10-23-22(27)15-7-8-20-18(11-15)24-21(26)13-28-20/h3-8,11-12,14H,9-10,13H2,1-2H3,(H,23,27)(H,24,26). The number of amides is 2. The predicted molar refractivity (Wildman–Crippen MR) is 109 cm³/mol. The third kappa shape index (κ3) is 3.45. The van der Waals surface area contributed by atoms with Gasteiger partial charge in [0, 0.05) is 35.2 Å². The molecule has 2 aromatic carbocycles. The van der Waals surface area contributed by atoms with Crippen LogP contribution in [0.3, 0.4) is 0 Å². The van der Waals surface area contributed by atoms with Crippen LogP contribution in [0.4, 0.5) is 5.69 Å². The van der Waals surface area contributed by atoms with Crippen LogP contribution in [0, 0.1) is 0 Å². The Morgan fingerprint density at radius 3 is 2.89 bits per heavy atom. The van der Waals surface area contributed by atoms with Crippen LogP contribution in [-0.4, -0.2) is 29.5 Å². The van der Waals surface area contributed by atoms with E-state index in [9.17, 15) is 9.59 Å². The summed E-state index contributed by atoms with van der Waals surface area (Å²) in [6.45, 7) is 4.86. The number of nitrogens with one attached hydrogen (secondary N) is 2. The first-order chi connectivity index (χ1) is 13.5. The van der Waals surface area contributed by atoms with E-state index in [1.54, 1.807) is 18.2 Å². The maximum atomic E-state index is 12.5. The number of benzene rings is 2. The lowest BCUT2D eigenvalue weighted by Crippen LogP contribution is -2.28. The number of carbonyl (C=O) groups is 2. The van der Waals surface area contributed by atoms with Crippen LogP contribution in [0.25, 0.3) is 10.9 Å². The zero-order chi connectivity index (χ0) is 19.7. The van der Waals surface area contributed by atoms with Crippen molar-refractivity contribution < 1.29 is 14.3 Å². The van der Waals surface area contributed by atoms with Crippen molar-refractivity contribution in [2.75, 3.05) is 18.5 Å². The fourth-order valence-electron chi connectivity index (χ4n) is 3.54. The summed E-state index contributed by atoms with van der Waals surface area (Å²) in [6.07, 6.45) is 2.92. The molecule has 144 valence electrons. The number of hydrogen-bond acceptors (Lipinski definition) is 3. The zero-order valence-electron chi connectivity index (χ0n) is 16.0. The second-order valence-electron chi connectivity index (χ2n) is 7.23. The third-order valence-electron chi connectivity index (χ3n) is 4.93. The Morgan fingerprint density at radius 2 is 2.07 bits per heavy atom. The molecule has 0 saturated carbocycles. The molecule has 2 N–H and O–H groups in total. The molecule has 0 unspecified atom stereocenters. The second kappa shape index (κ2) is 7.38. The maximum Gasteiger partial charge on any atom is 0.262 e. The number of nitrogens with zero attached hydrogens (tertiary/aromatic N) is 1. The molecule has 0 bridgehead atoms. The van der Waals surface area contributed by atoms with Crippen molar-refractivity contribution in [3.63, 3.8) is 0 Å². The first kappa shape index (κ1) is 18.1. The van der Waals surface area contributed by atoms with Crippen LogP contribution in [0.15, 0.2) is 48.7 Å². The van der Waals surface area contributed by atoms with Gasteiger partial charge in [0.2, 0.25) is 0 Å². The second-order valence-corrected chi connectivity index (χ2v) is 7.23. The van der Waals surface area contributed by atoms with Gasteiger partial charge in [-0.25, -0.2) is 0 Å². The summed E-state index contributed by atoms with van der Waals surface area (Å²) in [5.74, 6) is 0.194. The number of rotatable bonds is 5. The van der Waals surface area contributed by atoms with Gasteiger partial charge in [-0.1, -0.05) is 18.2 Å². The lowest BCUT2D eigenvalue weighted by molar-refractivity contribution is -0.118. The topological polar surface area (TPSA) is 72.4 Å². The molecule has 0 spiro atoms. The summed E-state index contributed by atoms with van der Waals surface area (Å²) in [6, 6.07) is 13.8. The van der Waals surface area contributed by atoms with Crippen molar-refractivity contribution in [2.45, 2.75) is 26.3 Å². The molecule has 0 atom stereocenters. The normalized spacial score (nSPS) is 13.2.